The van der Waals surface area contributed by atoms with Crippen LogP contribution in [0.4, 0.5) is 38.4 Å². The van der Waals surface area contributed by atoms with E-state index in [-0.39, 0.29) is 71.4 Å². The summed E-state index contributed by atoms with van der Waals surface area (Å²) < 4.78 is 156. The molecule has 0 spiro atoms. The standard InChI is InChI=1S/C50H60N16O24S4/c1-47-49(3)63-23-55-37-35-51(39(55)67)21-53-36-38-57(41(53)69)25-65-45(73)61-19-29-30(34(90-12-16-94(84,85)86)8-7-33(29)89-11-15-93(81,82)83)20-62-46(74)66(50(65,4)48(61,62)2)26-58(38)42(70)54(36)22-52(35)40(68)56(37)24-64(49)44(72)60(47)18-28-27(17-59(47)43(63)71)31(87-9-13-91(75,76)77)5-6-32(28)88-10-14-92(78,79)80/h5-8,35-38H,9-26H2,1-4H3,(H,75,76,77)(H,78,79,80)(H,81,82,83)(H,84,85,86). The lowest BCUT2D eigenvalue weighted by Gasteiger charge is -2.49. The zero-order valence-corrected chi connectivity index (χ0v) is 53.4. The molecule has 0 unspecified atom stereocenters. The number of nitrogens with zero attached hydrogens (tertiary/aromatic N) is 16. The smallest absolute Gasteiger partial charge is 0.326 e. The highest BCUT2D eigenvalue weighted by atomic mass is 32.2. The fraction of sp³-hybridized carbons (Fsp3) is 0.600. The molecule has 44 heteroatoms. The third kappa shape index (κ3) is 8.17. The third-order valence-corrected chi connectivity index (χ3v) is 23.8. The summed E-state index contributed by atoms with van der Waals surface area (Å²) in [4.78, 5) is 145. The number of amides is 16. The second-order valence-corrected chi connectivity index (χ2v) is 31.5. The van der Waals surface area contributed by atoms with Gasteiger partial charge in [0.25, 0.3) is 40.5 Å². The van der Waals surface area contributed by atoms with Crippen LogP contribution in [0.15, 0.2) is 24.3 Å². The molecule has 0 radical (unpaired) electrons. The van der Waals surface area contributed by atoms with Crippen LogP contribution in [0.1, 0.15) is 49.9 Å². The summed E-state index contributed by atoms with van der Waals surface area (Å²) in [6.45, 7) is -1.08. The second-order valence-electron chi connectivity index (χ2n) is 25.2. The molecule has 0 bridgehead atoms. The number of hydrogen-bond donors (Lipinski definition) is 4. The van der Waals surface area contributed by atoms with Gasteiger partial charge in [0.1, 0.15) is 112 Å². The average molecular weight is 1400 g/mol. The van der Waals surface area contributed by atoms with Crippen molar-refractivity contribution in [2.45, 2.75) is 101 Å². The number of fused-ring (bicyclic) bond motifs is 2. The van der Waals surface area contributed by atoms with Crippen molar-refractivity contribution in [3.05, 3.63) is 46.5 Å². The predicted octanol–water partition coefficient (Wildman–Crippen LogP) is -1.66. The largest absolute Gasteiger partial charge is 0.492 e. The van der Waals surface area contributed by atoms with Gasteiger partial charge in [-0.05, 0) is 52.0 Å². The molecule has 40 nitrogen and oxygen atoms in total. The van der Waals surface area contributed by atoms with Crippen LogP contribution in [0, 0.1) is 0 Å². The Hall–Kier alpha value is -8.56. The predicted molar refractivity (Wildman–Crippen MR) is 306 cm³/mol. The maximum absolute atomic E-state index is 15.5. The van der Waals surface area contributed by atoms with Gasteiger partial charge in [-0.15, -0.1) is 0 Å². The molecule has 94 heavy (non-hydrogen) atoms. The molecule has 16 amide bonds. The quantitative estimate of drug-likeness (QED) is 0.137. The van der Waals surface area contributed by atoms with E-state index in [1.54, 1.807) is 27.7 Å². The first-order valence-corrected chi connectivity index (χ1v) is 35.7. The molecule has 508 valence electrons. The Morgan fingerprint density at radius 2 is 0.500 bits per heavy atom. The summed E-state index contributed by atoms with van der Waals surface area (Å²) >= 11 is 0. The van der Waals surface area contributed by atoms with Crippen molar-refractivity contribution in [1.29, 1.82) is 0 Å². The van der Waals surface area contributed by atoms with Crippen LogP contribution < -0.4 is 18.9 Å². The monoisotopic (exact) mass is 1400 g/mol. The third-order valence-electron chi connectivity index (χ3n) is 21.0. The molecule has 0 aromatic heterocycles. The Labute approximate surface area is 534 Å². The number of urea groups is 8. The summed E-state index contributed by atoms with van der Waals surface area (Å²) in [6, 6.07) is -0.702. The fourth-order valence-electron chi connectivity index (χ4n) is 16.2. The number of hydrogen-bond acceptors (Lipinski definition) is 20. The minimum Gasteiger partial charge on any atom is -0.492 e. The molecule has 13 aliphatic rings. The first kappa shape index (κ1) is 61.6. The van der Waals surface area contributed by atoms with Gasteiger partial charge in [-0.1, -0.05) is 0 Å². The number of rotatable bonds is 16. The fourth-order valence-corrected chi connectivity index (χ4v) is 17.4. The molecule has 15 rings (SSSR count). The highest BCUT2D eigenvalue weighted by molar-refractivity contribution is 7.86. The van der Waals surface area contributed by atoms with Crippen LogP contribution in [-0.4, -0.2) is 315 Å². The van der Waals surface area contributed by atoms with Crippen LogP contribution in [0.2, 0.25) is 0 Å². The zero-order valence-electron chi connectivity index (χ0n) is 50.1. The van der Waals surface area contributed by atoms with Crippen molar-refractivity contribution in [2.75, 3.05) is 89.5 Å². The Bertz CT molecular complexity index is 3810. The van der Waals surface area contributed by atoms with E-state index in [4.69, 9.17) is 18.9 Å². The van der Waals surface area contributed by atoms with E-state index in [1.165, 1.54) is 103 Å². The molecular weight excluding hydrogens is 1340 g/mol. The number of carbonyl (C=O) groups excluding carboxylic acids is 8. The Kier molecular flexibility index (Phi) is 12.8. The minimum absolute atomic E-state index is 0.00665. The van der Waals surface area contributed by atoms with Gasteiger partial charge in [-0.2, -0.15) is 33.7 Å². The van der Waals surface area contributed by atoms with E-state index < -0.39 is 225 Å². The van der Waals surface area contributed by atoms with Gasteiger partial charge in [-0.25, -0.2) is 38.4 Å². The molecular formula is C50H60N16O24S4. The maximum Gasteiger partial charge on any atom is 0.326 e. The lowest BCUT2D eigenvalue weighted by Crippen LogP contribution is -2.69. The summed E-state index contributed by atoms with van der Waals surface area (Å²) in [5, 5.41) is 0. The van der Waals surface area contributed by atoms with Crippen LogP contribution in [0.3, 0.4) is 0 Å². The van der Waals surface area contributed by atoms with Gasteiger partial charge in [-0.3, -0.25) is 96.6 Å². The van der Waals surface area contributed by atoms with Crippen molar-refractivity contribution in [3.63, 3.8) is 0 Å². The van der Waals surface area contributed by atoms with Gasteiger partial charge < -0.3 is 18.9 Å². The molecule has 0 atom stereocenters. The maximum atomic E-state index is 15.5. The highest BCUT2D eigenvalue weighted by Gasteiger charge is 2.80. The van der Waals surface area contributed by atoms with Gasteiger partial charge in [0, 0.05) is 22.3 Å². The Balaban J connectivity index is 0.763. The molecule has 11 saturated heterocycles. The lowest BCUT2D eigenvalue weighted by molar-refractivity contribution is -0.0871. The van der Waals surface area contributed by atoms with Crippen molar-refractivity contribution in [2.24, 2.45) is 0 Å². The van der Waals surface area contributed by atoms with Gasteiger partial charge in [0.15, 0.2) is 47.3 Å². The van der Waals surface area contributed by atoms with Gasteiger partial charge >= 0.3 is 48.2 Å². The van der Waals surface area contributed by atoms with E-state index in [2.05, 4.69) is 0 Å². The zero-order chi connectivity index (χ0) is 67.2. The van der Waals surface area contributed by atoms with E-state index in [1.807, 2.05) is 0 Å². The van der Waals surface area contributed by atoms with Crippen LogP contribution in [0.5, 0.6) is 23.0 Å². The van der Waals surface area contributed by atoms with Gasteiger partial charge in [0.05, 0.1) is 26.2 Å². The molecule has 2 aromatic rings. The van der Waals surface area contributed by atoms with Crippen LogP contribution >= 0.6 is 0 Å². The molecule has 2 aromatic carbocycles. The average Bonchev–Trinajstić information content (AvgIpc) is 1.50. The number of benzene rings is 2. The summed E-state index contributed by atoms with van der Waals surface area (Å²) in [5.41, 5.74) is -6.24. The van der Waals surface area contributed by atoms with Crippen molar-refractivity contribution < 1.29 is 109 Å². The van der Waals surface area contributed by atoms with Gasteiger partial charge in [0.2, 0.25) is 0 Å². The molecule has 0 saturated carbocycles. The summed E-state index contributed by atoms with van der Waals surface area (Å²) in [7, 11) is -18.2. The highest BCUT2D eigenvalue weighted by Crippen LogP contribution is 2.59. The molecule has 13 heterocycles. The topological polar surface area (TPSA) is 443 Å². The number of ether oxygens (including phenoxy) is 4. The Morgan fingerprint density at radius 1 is 0.319 bits per heavy atom. The Morgan fingerprint density at radius 3 is 0.691 bits per heavy atom. The summed E-state index contributed by atoms with van der Waals surface area (Å²) in [5.74, 6) is -3.40. The summed E-state index contributed by atoms with van der Waals surface area (Å²) in [6.07, 6.45) is -5.28. The number of carbonyl (C=O) groups is 8. The van der Waals surface area contributed by atoms with E-state index in [0.717, 1.165) is 0 Å². The minimum atomic E-state index is -4.54. The first-order valence-electron chi connectivity index (χ1n) is 29.2. The molecule has 4 N–H and O–H groups in total. The van der Waals surface area contributed by atoms with Crippen LogP contribution in [0.25, 0.3) is 0 Å². The van der Waals surface area contributed by atoms with Crippen molar-refractivity contribution in [1.82, 2.24) is 78.4 Å². The molecule has 0 aliphatic carbocycles. The SMILES string of the molecule is CC12N3Cc4c(OCCS(=O)(=O)O)ccc(OCCS(=O)(=O)O)c4CN1C(=O)N1CN4C(=O)N5CN6C(=O)N7CN8C(=O)N9Cc%10c(OCCS(=O)(=O)O)ccc(OCCS(=O)(=O)O)c%10CN%10C(=O)N(CN%11C(=O)N(CN%12C(=O)N(CN(C3=O)C12C)C4C%125)C6C%117)C8(C)C%109C. The van der Waals surface area contributed by atoms with E-state index >= 15 is 38.4 Å². The van der Waals surface area contributed by atoms with E-state index in [0.29, 0.717) is 0 Å². The molecule has 11 fully saturated rings. The second kappa shape index (κ2) is 19.5. The van der Waals surface area contributed by atoms with E-state index in [9.17, 15) is 51.9 Å². The molecule has 13 aliphatic heterocycles. The lowest BCUT2D eigenvalue weighted by atomic mass is 9.95. The first-order chi connectivity index (χ1) is 43.9. The normalized spacial score (nSPS) is 30.4. The van der Waals surface area contributed by atoms with Crippen molar-refractivity contribution in [3.8, 4) is 23.0 Å². The van der Waals surface area contributed by atoms with Crippen LogP contribution in [-0.2, 0) is 66.7 Å². The van der Waals surface area contributed by atoms with Crippen molar-refractivity contribution >= 4 is 88.7 Å².